The molecule has 0 atom stereocenters. The lowest BCUT2D eigenvalue weighted by Crippen LogP contribution is -3.28. The lowest BCUT2D eigenvalue weighted by Gasteiger charge is -2.28. The minimum Gasteiger partial charge on any atom is -0.326 e. The largest absolute Gasteiger partial charge is 0.326 e. The van der Waals surface area contributed by atoms with E-state index in [4.69, 9.17) is 0 Å². The van der Waals surface area contributed by atoms with Crippen molar-refractivity contribution in [1.82, 2.24) is 4.98 Å². The minimum absolute atomic E-state index is 0.0747. The predicted molar refractivity (Wildman–Crippen MR) is 89.8 cm³/mol. The monoisotopic (exact) mass is 320 g/mol. The second kappa shape index (κ2) is 6.73. The highest BCUT2D eigenvalue weighted by molar-refractivity contribution is 7.22. The number of nitrogens with zero attached hydrogens (tertiary/aromatic N) is 1. The summed E-state index contributed by atoms with van der Waals surface area (Å²) in [6.07, 6.45) is 0. The van der Waals surface area contributed by atoms with Gasteiger partial charge in [0.25, 0.3) is 5.91 Å². The highest BCUT2D eigenvalue weighted by atomic mass is 32.1. The molecular weight excluding hydrogens is 296 g/mol. The summed E-state index contributed by atoms with van der Waals surface area (Å²) in [5.41, 5.74) is 2.17. The van der Waals surface area contributed by atoms with E-state index in [0.717, 1.165) is 23.3 Å². The molecule has 0 aliphatic carbocycles. The molecule has 1 aliphatic rings. The van der Waals surface area contributed by atoms with Crippen LogP contribution in [0.15, 0.2) is 18.2 Å². The summed E-state index contributed by atoms with van der Waals surface area (Å²) >= 11 is 1.55. The first kappa shape index (κ1) is 15.4. The van der Waals surface area contributed by atoms with Gasteiger partial charge in [-0.3, -0.25) is 10.1 Å². The molecule has 1 aliphatic heterocycles. The average molecular weight is 320 g/mol. The number of anilines is 1. The molecular formula is C16H24N4OS+2. The third-order valence-electron chi connectivity index (χ3n) is 4.37. The van der Waals surface area contributed by atoms with Gasteiger partial charge in [-0.25, -0.2) is 4.98 Å². The van der Waals surface area contributed by atoms with Gasteiger partial charge in [0.1, 0.15) is 26.2 Å². The van der Waals surface area contributed by atoms with Crippen LogP contribution < -0.4 is 15.1 Å². The van der Waals surface area contributed by atoms with Gasteiger partial charge in [0.2, 0.25) is 0 Å². The van der Waals surface area contributed by atoms with Gasteiger partial charge in [-0.1, -0.05) is 17.4 Å². The summed E-state index contributed by atoms with van der Waals surface area (Å²) < 4.78 is 1.13. The Kier molecular flexibility index (Phi) is 4.71. The number of quaternary nitrogens is 2. The number of benzene rings is 1. The maximum Gasteiger partial charge on any atom is 0.281 e. The summed E-state index contributed by atoms with van der Waals surface area (Å²) in [7, 11) is 0. The van der Waals surface area contributed by atoms with Crippen LogP contribution in [0.4, 0.5) is 5.13 Å². The Bertz CT molecular complexity index is 661. The molecule has 0 radical (unpaired) electrons. The van der Waals surface area contributed by atoms with Crippen molar-refractivity contribution in [2.45, 2.75) is 13.8 Å². The van der Waals surface area contributed by atoms with Crippen LogP contribution in [-0.4, -0.2) is 50.2 Å². The second-order valence-corrected chi connectivity index (χ2v) is 7.10. The van der Waals surface area contributed by atoms with Crippen LogP contribution in [0.3, 0.4) is 0 Å². The second-order valence-electron chi connectivity index (χ2n) is 6.07. The number of aryl methyl sites for hydroxylation is 1. The average Bonchev–Trinajstić information content (AvgIpc) is 2.89. The van der Waals surface area contributed by atoms with Gasteiger partial charge in [-0.05, 0) is 31.5 Å². The van der Waals surface area contributed by atoms with Crippen molar-refractivity contribution in [1.29, 1.82) is 0 Å². The van der Waals surface area contributed by atoms with Crippen molar-refractivity contribution >= 4 is 32.6 Å². The highest BCUT2D eigenvalue weighted by Crippen LogP contribution is 2.26. The van der Waals surface area contributed by atoms with E-state index in [-0.39, 0.29) is 5.91 Å². The van der Waals surface area contributed by atoms with E-state index in [2.05, 4.69) is 30.2 Å². The lowest BCUT2D eigenvalue weighted by atomic mass is 10.2. The van der Waals surface area contributed by atoms with E-state index in [1.807, 2.05) is 12.1 Å². The number of piperazine rings is 1. The molecule has 1 amide bonds. The number of carbonyl (C=O) groups excluding carboxylic acids is 1. The molecule has 2 heterocycles. The number of amides is 1. The van der Waals surface area contributed by atoms with Gasteiger partial charge in [0.15, 0.2) is 11.7 Å². The summed E-state index contributed by atoms with van der Waals surface area (Å²) in [5, 5.41) is 3.68. The Hall–Kier alpha value is -1.50. The summed E-state index contributed by atoms with van der Waals surface area (Å²) in [6.45, 7) is 10.5. The maximum atomic E-state index is 12.2. The smallest absolute Gasteiger partial charge is 0.281 e. The van der Waals surface area contributed by atoms with Gasteiger partial charge in [-0.15, -0.1) is 0 Å². The fourth-order valence-electron chi connectivity index (χ4n) is 2.96. The number of fused-ring (bicyclic) bond motifs is 1. The molecule has 2 aromatic rings. The Morgan fingerprint density at radius 3 is 2.73 bits per heavy atom. The van der Waals surface area contributed by atoms with Crippen LogP contribution in [0, 0.1) is 6.92 Å². The van der Waals surface area contributed by atoms with E-state index < -0.39 is 0 Å². The van der Waals surface area contributed by atoms with Gasteiger partial charge in [-0.2, -0.15) is 0 Å². The van der Waals surface area contributed by atoms with Gasteiger partial charge in [0.05, 0.1) is 16.8 Å². The number of likely N-dealkylation sites (N-methyl/N-ethyl adjacent to an activating group) is 1. The molecule has 3 N–H and O–H groups in total. The standard InChI is InChI=1S/C16H22N4OS/c1-3-19-6-8-20(9-7-19)11-15(21)18-16-17-13-5-4-12(2)10-14(13)22-16/h4-5,10H,3,6-9,11H2,1-2H3,(H,17,18,21)/p+2. The molecule has 3 rings (SSSR count). The van der Waals surface area contributed by atoms with E-state index in [0.29, 0.717) is 11.7 Å². The van der Waals surface area contributed by atoms with Crippen LogP contribution in [-0.2, 0) is 4.79 Å². The zero-order valence-electron chi connectivity index (χ0n) is 13.2. The molecule has 118 valence electrons. The first-order valence-corrected chi connectivity index (χ1v) is 8.80. The SMILES string of the molecule is CC[NH+]1CC[NH+](CC(=O)Nc2nc3ccc(C)cc3s2)CC1. The third-order valence-corrected chi connectivity index (χ3v) is 5.30. The van der Waals surface area contributed by atoms with Gasteiger partial charge >= 0.3 is 0 Å². The molecule has 0 spiro atoms. The van der Waals surface area contributed by atoms with Crippen LogP contribution in [0.25, 0.3) is 10.2 Å². The van der Waals surface area contributed by atoms with Gasteiger partial charge < -0.3 is 9.80 Å². The number of hydrogen-bond donors (Lipinski definition) is 3. The maximum absolute atomic E-state index is 12.2. The molecule has 1 saturated heterocycles. The zero-order valence-corrected chi connectivity index (χ0v) is 14.1. The molecule has 6 heteroatoms. The number of aromatic nitrogens is 1. The van der Waals surface area contributed by atoms with Crippen molar-refractivity contribution in [2.24, 2.45) is 0 Å². The zero-order chi connectivity index (χ0) is 15.5. The minimum atomic E-state index is 0.0747. The summed E-state index contributed by atoms with van der Waals surface area (Å²) in [4.78, 5) is 19.7. The molecule has 22 heavy (non-hydrogen) atoms. The van der Waals surface area contributed by atoms with Crippen molar-refractivity contribution in [2.75, 3.05) is 44.6 Å². The van der Waals surface area contributed by atoms with Crippen LogP contribution >= 0.6 is 11.3 Å². The number of rotatable bonds is 4. The van der Waals surface area contributed by atoms with Crippen molar-refractivity contribution < 1.29 is 14.6 Å². The molecule has 5 nitrogen and oxygen atoms in total. The van der Waals surface area contributed by atoms with E-state index in [9.17, 15) is 4.79 Å². The number of thiazole rings is 1. The first-order valence-electron chi connectivity index (χ1n) is 7.98. The third kappa shape index (κ3) is 3.63. The van der Waals surface area contributed by atoms with E-state index >= 15 is 0 Å². The molecule has 0 unspecified atom stereocenters. The fourth-order valence-corrected chi connectivity index (χ4v) is 3.94. The Morgan fingerprint density at radius 2 is 2.00 bits per heavy atom. The summed E-state index contributed by atoms with van der Waals surface area (Å²) in [5.74, 6) is 0.0747. The summed E-state index contributed by atoms with van der Waals surface area (Å²) in [6, 6.07) is 6.17. The Labute approximate surface area is 134 Å². The van der Waals surface area contributed by atoms with Crippen molar-refractivity contribution in [3.63, 3.8) is 0 Å². The normalized spacial score (nSPS) is 21.9. The number of hydrogen-bond acceptors (Lipinski definition) is 3. The van der Waals surface area contributed by atoms with E-state index in [1.54, 1.807) is 16.2 Å². The van der Waals surface area contributed by atoms with E-state index in [1.165, 1.54) is 30.1 Å². The molecule has 1 aromatic heterocycles. The fraction of sp³-hybridized carbons (Fsp3) is 0.500. The molecule has 1 aromatic carbocycles. The number of nitrogens with one attached hydrogen (secondary N) is 3. The van der Waals surface area contributed by atoms with Gasteiger partial charge in [0, 0.05) is 0 Å². The quantitative estimate of drug-likeness (QED) is 0.701. The van der Waals surface area contributed by atoms with Crippen molar-refractivity contribution in [3.8, 4) is 0 Å². The Morgan fingerprint density at radius 1 is 1.27 bits per heavy atom. The predicted octanol–water partition coefficient (Wildman–Crippen LogP) is -0.653. The number of carbonyl (C=O) groups is 1. The van der Waals surface area contributed by atoms with Crippen LogP contribution in [0.5, 0.6) is 0 Å². The van der Waals surface area contributed by atoms with Crippen LogP contribution in [0.1, 0.15) is 12.5 Å². The first-order chi connectivity index (χ1) is 10.6. The molecule has 0 saturated carbocycles. The highest BCUT2D eigenvalue weighted by Gasteiger charge is 2.23. The molecule has 0 bridgehead atoms. The molecule has 1 fully saturated rings. The van der Waals surface area contributed by atoms with Crippen molar-refractivity contribution in [3.05, 3.63) is 23.8 Å². The lowest BCUT2D eigenvalue weighted by molar-refractivity contribution is -1.01. The van der Waals surface area contributed by atoms with Crippen LogP contribution in [0.2, 0.25) is 0 Å². The Balaban J connectivity index is 1.56. The topological polar surface area (TPSA) is 50.9 Å².